The summed E-state index contributed by atoms with van der Waals surface area (Å²) in [6.45, 7) is 2.20. The van der Waals surface area contributed by atoms with Crippen molar-refractivity contribution < 1.29 is 4.79 Å². The second-order valence-corrected chi connectivity index (χ2v) is 4.81. The van der Waals surface area contributed by atoms with Crippen molar-refractivity contribution in [2.75, 3.05) is 13.1 Å². The minimum Gasteiger partial charge on any atom is -0.349 e. The van der Waals surface area contributed by atoms with Gasteiger partial charge in [-0.1, -0.05) is 6.07 Å². The van der Waals surface area contributed by atoms with Crippen molar-refractivity contribution in [1.29, 1.82) is 0 Å². The first-order valence-electron chi connectivity index (χ1n) is 6.61. The van der Waals surface area contributed by atoms with E-state index in [0.29, 0.717) is 6.54 Å². The summed E-state index contributed by atoms with van der Waals surface area (Å²) in [6, 6.07) is 5.73. The van der Waals surface area contributed by atoms with Crippen molar-refractivity contribution in [2.24, 2.45) is 5.92 Å². The third-order valence-electron chi connectivity index (χ3n) is 3.47. The van der Waals surface area contributed by atoms with E-state index in [2.05, 4.69) is 20.8 Å². The molecule has 1 aliphatic heterocycles. The van der Waals surface area contributed by atoms with E-state index >= 15 is 0 Å². The van der Waals surface area contributed by atoms with E-state index in [4.69, 9.17) is 0 Å². The number of carbonyl (C=O) groups excluding carboxylic acids is 1. The SMILES string of the molecule is O=C(NCc1nnc2ccccn12)[C@H]1CCCNC1. The van der Waals surface area contributed by atoms with Crippen molar-refractivity contribution >= 4 is 11.6 Å². The Morgan fingerprint density at radius 1 is 1.47 bits per heavy atom. The predicted molar refractivity (Wildman–Crippen MR) is 70.4 cm³/mol. The van der Waals surface area contributed by atoms with Crippen LogP contribution in [0.4, 0.5) is 0 Å². The van der Waals surface area contributed by atoms with E-state index in [-0.39, 0.29) is 11.8 Å². The van der Waals surface area contributed by atoms with Crippen molar-refractivity contribution in [3.05, 3.63) is 30.2 Å². The normalized spacial score (nSPS) is 19.5. The molecule has 1 amide bonds. The number of nitrogens with one attached hydrogen (secondary N) is 2. The van der Waals surface area contributed by atoms with Crippen molar-refractivity contribution in [3.63, 3.8) is 0 Å². The van der Waals surface area contributed by atoms with Crippen LogP contribution in [0.1, 0.15) is 18.7 Å². The zero-order valence-corrected chi connectivity index (χ0v) is 10.7. The molecule has 1 atom stereocenters. The topological polar surface area (TPSA) is 71.3 Å². The van der Waals surface area contributed by atoms with Crippen LogP contribution in [0.5, 0.6) is 0 Å². The Balaban J connectivity index is 1.64. The highest BCUT2D eigenvalue weighted by Crippen LogP contribution is 2.10. The average Bonchev–Trinajstić information content (AvgIpc) is 2.89. The highest BCUT2D eigenvalue weighted by Gasteiger charge is 2.20. The molecule has 0 saturated carbocycles. The first kappa shape index (κ1) is 12.1. The average molecular weight is 259 g/mol. The first-order valence-corrected chi connectivity index (χ1v) is 6.61. The maximum atomic E-state index is 12.0. The van der Waals surface area contributed by atoms with Crippen LogP contribution in [-0.2, 0) is 11.3 Å². The summed E-state index contributed by atoms with van der Waals surface area (Å²) < 4.78 is 1.89. The Labute approximate surface area is 111 Å². The van der Waals surface area contributed by atoms with Gasteiger partial charge in [0.05, 0.1) is 12.5 Å². The van der Waals surface area contributed by atoms with E-state index in [1.54, 1.807) is 0 Å². The fraction of sp³-hybridized carbons (Fsp3) is 0.462. The highest BCUT2D eigenvalue weighted by molar-refractivity contribution is 5.78. The summed E-state index contributed by atoms with van der Waals surface area (Å²) in [7, 11) is 0. The van der Waals surface area contributed by atoms with Crippen LogP contribution in [0, 0.1) is 5.92 Å². The molecule has 100 valence electrons. The van der Waals surface area contributed by atoms with Gasteiger partial charge in [-0.15, -0.1) is 10.2 Å². The van der Waals surface area contributed by atoms with E-state index in [1.165, 1.54) is 0 Å². The minimum atomic E-state index is 0.0768. The fourth-order valence-electron chi connectivity index (χ4n) is 2.40. The molecular formula is C13H17N5O. The lowest BCUT2D eigenvalue weighted by Gasteiger charge is -2.21. The Hall–Kier alpha value is -1.95. The first-order chi connectivity index (χ1) is 9.34. The molecule has 3 rings (SSSR count). The minimum absolute atomic E-state index is 0.0768. The molecule has 1 fully saturated rings. The fourth-order valence-corrected chi connectivity index (χ4v) is 2.40. The molecule has 1 aliphatic rings. The third-order valence-corrected chi connectivity index (χ3v) is 3.47. The molecule has 6 nitrogen and oxygen atoms in total. The lowest BCUT2D eigenvalue weighted by molar-refractivity contribution is -0.125. The molecule has 3 heterocycles. The third kappa shape index (κ3) is 2.58. The summed E-state index contributed by atoms with van der Waals surface area (Å²) in [5.74, 6) is 0.931. The largest absolute Gasteiger partial charge is 0.349 e. The molecule has 6 heteroatoms. The van der Waals surface area contributed by atoms with Crippen LogP contribution in [0.3, 0.4) is 0 Å². The number of hydrogen-bond donors (Lipinski definition) is 2. The van der Waals surface area contributed by atoms with Gasteiger partial charge in [-0.05, 0) is 31.5 Å². The summed E-state index contributed by atoms with van der Waals surface area (Å²) in [5.41, 5.74) is 0.797. The van der Waals surface area contributed by atoms with E-state index in [1.807, 2.05) is 28.8 Å². The molecule has 2 N–H and O–H groups in total. The quantitative estimate of drug-likeness (QED) is 0.834. The molecule has 0 radical (unpaired) electrons. The van der Waals surface area contributed by atoms with Crippen molar-refractivity contribution in [2.45, 2.75) is 19.4 Å². The number of fused-ring (bicyclic) bond motifs is 1. The molecule has 0 aliphatic carbocycles. The number of nitrogens with zero attached hydrogens (tertiary/aromatic N) is 3. The van der Waals surface area contributed by atoms with Gasteiger partial charge in [-0.2, -0.15) is 0 Å². The summed E-state index contributed by atoms with van der Waals surface area (Å²) in [6.07, 6.45) is 3.92. The Bertz CT molecular complexity index is 573. The second-order valence-electron chi connectivity index (χ2n) is 4.81. The van der Waals surface area contributed by atoms with Crippen molar-refractivity contribution in [1.82, 2.24) is 25.2 Å². The molecular weight excluding hydrogens is 242 g/mol. The van der Waals surface area contributed by atoms with Gasteiger partial charge >= 0.3 is 0 Å². The van der Waals surface area contributed by atoms with E-state index in [9.17, 15) is 4.79 Å². The lowest BCUT2D eigenvalue weighted by Crippen LogP contribution is -2.40. The highest BCUT2D eigenvalue weighted by atomic mass is 16.1. The molecule has 0 bridgehead atoms. The van der Waals surface area contributed by atoms with Crippen LogP contribution < -0.4 is 10.6 Å². The second kappa shape index (κ2) is 5.36. The Morgan fingerprint density at radius 3 is 3.26 bits per heavy atom. The number of hydrogen-bond acceptors (Lipinski definition) is 4. The number of rotatable bonds is 3. The number of carbonyl (C=O) groups is 1. The van der Waals surface area contributed by atoms with E-state index < -0.39 is 0 Å². The maximum absolute atomic E-state index is 12.0. The Morgan fingerprint density at radius 2 is 2.42 bits per heavy atom. The number of aromatic nitrogens is 3. The van der Waals surface area contributed by atoms with Gasteiger partial charge in [0.15, 0.2) is 11.5 Å². The number of pyridine rings is 1. The van der Waals surface area contributed by atoms with Crippen LogP contribution in [0.25, 0.3) is 5.65 Å². The van der Waals surface area contributed by atoms with Gasteiger partial charge in [0.2, 0.25) is 5.91 Å². The van der Waals surface area contributed by atoms with Gasteiger partial charge in [0, 0.05) is 12.7 Å². The predicted octanol–water partition coefficient (Wildman–Crippen LogP) is 0.345. The van der Waals surface area contributed by atoms with Crippen LogP contribution in [-0.4, -0.2) is 33.6 Å². The molecule has 2 aromatic heterocycles. The van der Waals surface area contributed by atoms with Gasteiger partial charge in [0.1, 0.15) is 0 Å². The molecule has 0 spiro atoms. The zero-order chi connectivity index (χ0) is 13.1. The van der Waals surface area contributed by atoms with Crippen LogP contribution in [0.15, 0.2) is 24.4 Å². The Kier molecular flexibility index (Phi) is 3.41. The molecule has 0 unspecified atom stereocenters. The zero-order valence-electron chi connectivity index (χ0n) is 10.7. The van der Waals surface area contributed by atoms with Gasteiger partial charge in [-0.3, -0.25) is 9.20 Å². The van der Waals surface area contributed by atoms with Gasteiger partial charge in [-0.25, -0.2) is 0 Å². The maximum Gasteiger partial charge on any atom is 0.224 e. The van der Waals surface area contributed by atoms with Crippen LogP contribution >= 0.6 is 0 Å². The molecule has 2 aromatic rings. The monoisotopic (exact) mass is 259 g/mol. The summed E-state index contributed by atoms with van der Waals surface area (Å²) in [5, 5.41) is 14.3. The number of amides is 1. The van der Waals surface area contributed by atoms with Crippen LogP contribution in [0.2, 0.25) is 0 Å². The van der Waals surface area contributed by atoms with Crippen molar-refractivity contribution in [3.8, 4) is 0 Å². The smallest absolute Gasteiger partial charge is 0.224 e. The summed E-state index contributed by atoms with van der Waals surface area (Å²) in [4.78, 5) is 12.0. The molecule has 0 aromatic carbocycles. The molecule has 19 heavy (non-hydrogen) atoms. The number of piperidine rings is 1. The molecule has 1 saturated heterocycles. The standard InChI is InChI=1S/C13H17N5O/c19-13(10-4-3-6-14-8-10)15-9-12-17-16-11-5-1-2-7-18(11)12/h1-2,5,7,10,14H,3-4,6,8-9H2,(H,15,19)/t10-/m0/s1. The summed E-state index contributed by atoms with van der Waals surface area (Å²) >= 11 is 0. The van der Waals surface area contributed by atoms with E-state index in [0.717, 1.165) is 37.4 Å². The lowest BCUT2D eigenvalue weighted by atomic mass is 9.99. The van der Waals surface area contributed by atoms with Gasteiger partial charge in [0.25, 0.3) is 0 Å². The van der Waals surface area contributed by atoms with Gasteiger partial charge < -0.3 is 10.6 Å².